The van der Waals surface area contributed by atoms with Gasteiger partial charge in [0.05, 0.1) is 19.2 Å². The first-order chi connectivity index (χ1) is 10.3. The number of aldehydes is 1. The van der Waals surface area contributed by atoms with E-state index in [9.17, 15) is 9.59 Å². The number of methoxy groups -OCH3 is 1. The highest BCUT2D eigenvalue weighted by molar-refractivity contribution is 9.10. The van der Waals surface area contributed by atoms with E-state index in [1.54, 1.807) is 32.9 Å². The summed E-state index contributed by atoms with van der Waals surface area (Å²) in [6.07, 6.45) is 0.165. The molecule has 0 unspecified atom stereocenters. The SMILES string of the molecule is COc1cc(Br)cc(C=O)c1OCCNC(=O)OC(C)(C)C. The van der Waals surface area contributed by atoms with Crippen LogP contribution in [0.1, 0.15) is 31.1 Å². The molecule has 0 atom stereocenters. The molecule has 0 aliphatic heterocycles. The van der Waals surface area contributed by atoms with Crippen LogP contribution in [-0.2, 0) is 4.74 Å². The van der Waals surface area contributed by atoms with Gasteiger partial charge in [-0.25, -0.2) is 4.79 Å². The topological polar surface area (TPSA) is 73.9 Å². The van der Waals surface area contributed by atoms with Gasteiger partial charge in [-0.15, -0.1) is 0 Å². The largest absolute Gasteiger partial charge is 0.493 e. The number of alkyl carbamates (subject to hydrolysis) is 1. The maximum atomic E-state index is 11.5. The monoisotopic (exact) mass is 373 g/mol. The highest BCUT2D eigenvalue weighted by atomic mass is 79.9. The number of halogens is 1. The van der Waals surface area contributed by atoms with Crippen LogP contribution in [0.3, 0.4) is 0 Å². The minimum atomic E-state index is -0.551. The first-order valence-corrected chi connectivity index (χ1v) is 7.48. The third-order valence-electron chi connectivity index (χ3n) is 2.41. The van der Waals surface area contributed by atoms with Crippen LogP contribution in [0.2, 0.25) is 0 Å². The summed E-state index contributed by atoms with van der Waals surface area (Å²) in [6, 6.07) is 3.33. The third kappa shape index (κ3) is 5.93. The fourth-order valence-corrected chi connectivity index (χ4v) is 2.06. The zero-order chi connectivity index (χ0) is 16.8. The molecule has 0 aromatic heterocycles. The molecule has 0 heterocycles. The summed E-state index contributed by atoms with van der Waals surface area (Å²) >= 11 is 3.29. The standard InChI is InChI=1S/C15H20BrNO5/c1-15(2,3)22-14(19)17-5-6-21-13-10(9-18)7-11(16)8-12(13)20-4/h7-9H,5-6H2,1-4H3,(H,17,19). The molecular weight excluding hydrogens is 354 g/mol. The fraction of sp³-hybridized carbons (Fsp3) is 0.467. The summed E-state index contributed by atoms with van der Waals surface area (Å²) in [7, 11) is 1.49. The zero-order valence-corrected chi connectivity index (χ0v) is 14.7. The second-order valence-electron chi connectivity index (χ2n) is 5.42. The molecule has 0 radical (unpaired) electrons. The van der Waals surface area contributed by atoms with E-state index in [1.165, 1.54) is 7.11 Å². The van der Waals surface area contributed by atoms with Crippen molar-refractivity contribution in [3.8, 4) is 11.5 Å². The van der Waals surface area contributed by atoms with Gasteiger partial charge in [0, 0.05) is 4.47 Å². The maximum Gasteiger partial charge on any atom is 0.407 e. The first kappa shape index (κ1) is 18.3. The summed E-state index contributed by atoms with van der Waals surface area (Å²) in [5.74, 6) is 0.778. The van der Waals surface area contributed by atoms with Crippen LogP contribution in [0.15, 0.2) is 16.6 Å². The van der Waals surface area contributed by atoms with E-state index in [2.05, 4.69) is 21.2 Å². The van der Waals surface area contributed by atoms with Crippen molar-refractivity contribution in [2.45, 2.75) is 26.4 Å². The van der Waals surface area contributed by atoms with Crippen molar-refractivity contribution in [1.29, 1.82) is 0 Å². The first-order valence-electron chi connectivity index (χ1n) is 6.69. The lowest BCUT2D eigenvalue weighted by atomic mass is 10.2. The van der Waals surface area contributed by atoms with Crippen molar-refractivity contribution in [2.75, 3.05) is 20.3 Å². The van der Waals surface area contributed by atoms with Crippen LogP contribution in [-0.4, -0.2) is 38.2 Å². The van der Waals surface area contributed by atoms with Gasteiger partial charge in [-0.2, -0.15) is 0 Å². The van der Waals surface area contributed by atoms with E-state index < -0.39 is 11.7 Å². The van der Waals surface area contributed by atoms with Gasteiger partial charge in [-0.05, 0) is 32.9 Å². The molecule has 0 fully saturated rings. The van der Waals surface area contributed by atoms with Crippen molar-refractivity contribution in [3.63, 3.8) is 0 Å². The number of hydrogen-bond donors (Lipinski definition) is 1. The third-order valence-corrected chi connectivity index (χ3v) is 2.87. The lowest BCUT2D eigenvalue weighted by Crippen LogP contribution is -2.34. The molecule has 1 rings (SSSR count). The molecule has 0 bridgehead atoms. The Kier molecular flexibility index (Phi) is 6.67. The minimum absolute atomic E-state index is 0.179. The van der Waals surface area contributed by atoms with Crippen molar-refractivity contribution in [3.05, 3.63) is 22.2 Å². The molecular formula is C15H20BrNO5. The Balaban J connectivity index is 2.58. The Bertz CT molecular complexity index is 539. The zero-order valence-electron chi connectivity index (χ0n) is 13.1. The maximum absolute atomic E-state index is 11.5. The number of nitrogens with one attached hydrogen (secondary N) is 1. The molecule has 122 valence electrons. The number of amides is 1. The van der Waals surface area contributed by atoms with Gasteiger partial charge < -0.3 is 19.5 Å². The van der Waals surface area contributed by atoms with Gasteiger partial charge in [-0.3, -0.25) is 4.79 Å². The second-order valence-corrected chi connectivity index (χ2v) is 6.34. The molecule has 6 nitrogen and oxygen atoms in total. The van der Waals surface area contributed by atoms with Gasteiger partial charge in [0.2, 0.25) is 0 Å². The van der Waals surface area contributed by atoms with Crippen molar-refractivity contribution < 1.29 is 23.8 Å². The van der Waals surface area contributed by atoms with E-state index >= 15 is 0 Å². The smallest absolute Gasteiger partial charge is 0.407 e. The number of hydrogen-bond acceptors (Lipinski definition) is 5. The molecule has 1 amide bonds. The minimum Gasteiger partial charge on any atom is -0.493 e. The molecule has 1 aromatic rings. The van der Waals surface area contributed by atoms with Crippen LogP contribution in [0.5, 0.6) is 11.5 Å². The molecule has 0 saturated carbocycles. The molecule has 1 N–H and O–H groups in total. The van der Waals surface area contributed by atoms with E-state index in [0.29, 0.717) is 27.8 Å². The summed E-state index contributed by atoms with van der Waals surface area (Å²) in [5, 5.41) is 2.57. The van der Waals surface area contributed by atoms with Crippen LogP contribution in [0, 0.1) is 0 Å². The van der Waals surface area contributed by atoms with Crippen LogP contribution in [0.4, 0.5) is 4.79 Å². The van der Waals surface area contributed by atoms with E-state index in [1.807, 2.05) is 0 Å². The Morgan fingerprint density at radius 1 is 1.36 bits per heavy atom. The Morgan fingerprint density at radius 2 is 2.05 bits per heavy atom. The van der Waals surface area contributed by atoms with Gasteiger partial charge in [-0.1, -0.05) is 15.9 Å². The molecule has 22 heavy (non-hydrogen) atoms. The summed E-state index contributed by atoms with van der Waals surface area (Å²) in [4.78, 5) is 22.6. The second kappa shape index (κ2) is 8.03. The van der Waals surface area contributed by atoms with E-state index in [-0.39, 0.29) is 13.2 Å². The van der Waals surface area contributed by atoms with Crippen LogP contribution < -0.4 is 14.8 Å². The molecule has 0 aliphatic carbocycles. The van der Waals surface area contributed by atoms with Gasteiger partial charge in [0.25, 0.3) is 0 Å². The van der Waals surface area contributed by atoms with Crippen LogP contribution >= 0.6 is 15.9 Å². The van der Waals surface area contributed by atoms with Crippen molar-refractivity contribution in [1.82, 2.24) is 5.32 Å². The Morgan fingerprint density at radius 3 is 2.59 bits per heavy atom. The predicted octanol–water partition coefficient (Wildman–Crippen LogP) is 3.17. The number of carbonyl (C=O) groups excluding carboxylic acids is 2. The highest BCUT2D eigenvalue weighted by Crippen LogP contribution is 2.33. The van der Waals surface area contributed by atoms with Crippen molar-refractivity contribution in [2.24, 2.45) is 0 Å². The molecule has 0 aliphatic rings. The summed E-state index contributed by atoms with van der Waals surface area (Å²) in [5.41, 5.74) is -0.187. The summed E-state index contributed by atoms with van der Waals surface area (Å²) < 4.78 is 16.5. The Hall–Kier alpha value is -1.76. The Labute approximate surface area is 138 Å². The van der Waals surface area contributed by atoms with E-state index in [4.69, 9.17) is 14.2 Å². The average Bonchev–Trinajstić information content (AvgIpc) is 2.41. The molecule has 1 aromatic carbocycles. The molecule has 0 spiro atoms. The quantitative estimate of drug-likeness (QED) is 0.612. The van der Waals surface area contributed by atoms with E-state index in [0.717, 1.165) is 0 Å². The highest BCUT2D eigenvalue weighted by Gasteiger charge is 2.16. The molecule has 7 heteroatoms. The van der Waals surface area contributed by atoms with Gasteiger partial charge >= 0.3 is 6.09 Å². The number of benzene rings is 1. The van der Waals surface area contributed by atoms with Gasteiger partial charge in [0.15, 0.2) is 17.8 Å². The van der Waals surface area contributed by atoms with Crippen molar-refractivity contribution >= 4 is 28.3 Å². The average molecular weight is 374 g/mol. The lowest BCUT2D eigenvalue weighted by molar-refractivity contribution is 0.0519. The van der Waals surface area contributed by atoms with Gasteiger partial charge in [0.1, 0.15) is 12.2 Å². The normalized spacial score (nSPS) is 10.8. The molecule has 0 saturated heterocycles. The number of carbonyl (C=O) groups is 2. The lowest BCUT2D eigenvalue weighted by Gasteiger charge is -2.20. The predicted molar refractivity (Wildman–Crippen MR) is 85.8 cm³/mol. The number of rotatable bonds is 6. The number of ether oxygens (including phenoxy) is 3. The fourth-order valence-electron chi connectivity index (χ4n) is 1.60. The summed E-state index contributed by atoms with van der Waals surface area (Å²) in [6.45, 7) is 5.77. The van der Waals surface area contributed by atoms with Crippen LogP contribution in [0.25, 0.3) is 0 Å².